The molecule has 0 aliphatic heterocycles. The number of sulfonamides is 1. The summed E-state index contributed by atoms with van der Waals surface area (Å²) in [5.41, 5.74) is 1.71. The van der Waals surface area contributed by atoms with Crippen LogP contribution in [-0.2, 0) is 23.1 Å². The van der Waals surface area contributed by atoms with Gasteiger partial charge in [-0.3, -0.25) is 4.68 Å². The third-order valence-corrected chi connectivity index (χ3v) is 4.84. The van der Waals surface area contributed by atoms with Gasteiger partial charge in [-0.05, 0) is 23.3 Å². The molecular formula is C17H16FN3O2S. The van der Waals surface area contributed by atoms with Gasteiger partial charge in [0.2, 0.25) is 10.0 Å². The maximum absolute atomic E-state index is 12.9. The monoisotopic (exact) mass is 345 g/mol. The third kappa shape index (κ3) is 4.06. The summed E-state index contributed by atoms with van der Waals surface area (Å²) >= 11 is 0. The highest BCUT2D eigenvalue weighted by Gasteiger charge is 2.16. The van der Waals surface area contributed by atoms with Crippen molar-refractivity contribution in [3.8, 4) is 0 Å². The van der Waals surface area contributed by atoms with Crippen LogP contribution in [0.1, 0.15) is 11.1 Å². The van der Waals surface area contributed by atoms with Gasteiger partial charge in [0, 0.05) is 12.7 Å². The van der Waals surface area contributed by atoms with Crippen molar-refractivity contribution in [3.63, 3.8) is 0 Å². The molecule has 0 unspecified atom stereocenters. The van der Waals surface area contributed by atoms with Crippen molar-refractivity contribution in [2.45, 2.75) is 18.0 Å². The van der Waals surface area contributed by atoms with Gasteiger partial charge in [-0.2, -0.15) is 5.10 Å². The van der Waals surface area contributed by atoms with E-state index in [2.05, 4.69) is 9.82 Å². The summed E-state index contributed by atoms with van der Waals surface area (Å²) in [4.78, 5) is 0.0977. The number of nitrogens with one attached hydrogen (secondary N) is 1. The van der Waals surface area contributed by atoms with Crippen molar-refractivity contribution in [1.82, 2.24) is 14.5 Å². The van der Waals surface area contributed by atoms with E-state index in [1.807, 2.05) is 30.3 Å². The van der Waals surface area contributed by atoms with Crippen molar-refractivity contribution >= 4 is 10.0 Å². The fourth-order valence-corrected chi connectivity index (χ4v) is 3.17. The molecule has 0 saturated carbocycles. The van der Waals surface area contributed by atoms with Gasteiger partial charge < -0.3 is 0 Å². The third-order valence-electron chi connectivity index (χ3n) is 3.49. The molecule has 1 heterocycles. The van der Waals surface area contributed by atoms with E-state index in [0.29, 0.717) is 12.1 Å². The first-order chi connectivity index (χ1) is 11.5. The van der Waals surface area contributed by atoms with E-state index in [1.165, 1.54) is 36.7 Å². The van der Waals surface area contributed by atoms with E-state index in [-0.39, 0.29) is 17.3 Å². The van der Waals surface area contributed by atoms with Gasteiger partial charge in [0.25, 0.3) is 0 Å². The zero-order valence-corrected chi connectivity index (χ0v) is 13.6. The Morgan fingerprint density at radius 1 is 1.00 bits per heavy atom. The molecule has 24 heavy (non-hydrogen) atoms. The lowest BCUT2D eigenvalue weighted by molar-refractivity contribution is 0.580. The highest BCUT2D eigenvalue weighted by Crippen LogP contribution is 2.10. The first kappa shape index (κ1) is 16.4. The van der Waals surface area contributed by atoms with Crippen LogP contribution in [0.5, 0.6) is 0 Å². The minimum Gasteiger partial charge on any atom is -0.267 e. The molecule has 124 valence electrons. The molecule has 0 radical (unpaired) electrons. The number of benzene rings is 2. The van der Waals surface area contributed by atoms with Crippen LogP contribution < -0.4 is 4.72 Å². The highest BCUT2D eigenvalue weighted by molar-refractivity contribution is 7.89. The number of aromatic nitrogens is 2. The van der Waals surface area contributed by atoms with Crippen LogP contribution in [0, 0.1) is 5.82 Å². The van der Waals surface area contributed by atoms with E-state index in [1.54, 1.807) is 4.68 Å². The van der Waals surface area contributed by atoms with Crippen LogP contribution in [0.2, 0.25) is 0 Å². The van der Waals surface area contributed by atoms with Crippen molar-refractivity contribution in [2.24, 2.45) is 0 Å². The Hall–Kier alpha value is -2.51. The molecule has 0 aliphatic rings. The van der Waals surface area contributed by atoms with Gasteiger partial charge in [-0.25, -0.2) is 17.5 Å². The fraction of sp³-hybridized carbons (Fsp3) is 0.118. The minimum absolute atomic E-state index is 0.0898. The quantitative estimate of drug-likeness (QED) is 0.747. The fourth-order valence-electron chi connectivity index (χ4n) is 2.20. The second kappa shape index (κ2) is 6.94. The highest BCUT2D eigenvalue weighted by atomic mass is 32.2. The molecule has 0 spiro atoms. The molecule has 3 aromatic rings. The average Bonchev–Trinajstić information content (AvgIpc) is 3.05. The van der Waals surface area contributed by atoms with Crippen molar-refractivity contribution in [3.05, 3.63) is 83.9 Å². The molecule has 3 rings (SSSR count). The topological polar surface area (TPSA) is 64.0 Å². The Kier molecular flexibility index (Phi) is 4.73. The Morgan fingerprint density at radius 3 is 2.42 bits per heavy atom. The molecule has 0 fully saturated rings. The summed E-state index contributed by atoms with van der Waals surface area (Å²) in [6.45, 7) is 0.584. The van der Waals surface area contributed by atoms with E-state index in [4.69, 9.17) is 0 Å². The van der Waals surface area contributed by atoms with Gasteiger partial charge >= 0.3 is 0 Å². The van der Waals surface area contributed by atoms with Crippen LogP contribution in [-0.4, -0.2) is 18.2 Å². The van der Waals surface area contributed by atoms with Crippen LogP contribution in [0.4, 0.5) is 4.39 Å². The predicted octanol–water partition coefficient (Wildman–Crippen LogP) is 2.55. The number of nitrogens with zero attached hydrogens (tertiary/aromatic N) is 2. The van der Waals surface area contributed by atoms with Crippen molar-refractivity contribution < 1.29 is 12.8 Å². The first-order valence-corrected chi connectivity index (χ1v) is 8.82. The molecule has 5 nitrogen and oxygen atoms in total. The lowest BCUT2D eigenvalue weighted by atomic mass is 10.2. The normalized spacial score (nSPS) is 11.5. The second-order valence-corrected chi connectivity index (χ2v) is 7.08. The predicted molar refractivity (Wildman–Crippen MR) is 88.2 cm³/mol. The lowest BCUT2D eigenvalue weighted by Crippen LogP contribution is -2.22. The van der Waals surface area contributed by atoms with E-state index < -0.39 is 10.0 Å². The Labute approximate surface area is 139 Å². The van der Waals surface area contributed by atoms with Gasteiger partial charge in [0.05, 0.1) is 12.7 Å². The van der Waals surface area contributed by atoms with Gasteiger partial charge in [-0.15, -0.1) is 0 Å². The molecule has 0 saturated heterocycles. The summed E-state index contributed by atoms with van der Waals surface area (Å²) in [5.74, 6) is -0.358. The van der Waals surface area contributed by atoms with Crippen LogP contribution in [0.25, 0.3) is 0 Å². The summed E-state index contributed by atoms with van der Waals surface area (Å²) in [6, 6.07) is 15.3. The largest absolute Gasteiger partial charge is 0.267 e. The van der Waals surface area contributed by atoms with Crippen molar-refractivity contribution in [1.29, 1.82) is 0 Å². The number of halogens is 1. The molecule has 0 atom stereocenters. The molecular weight excluding hydrogens is 329 g/mol. The van der Waals surface area contributed by atoms with Crippen LogP contribution in [0.3, 0.4) is 0 Å². The second-order valence-electron chi connectivity index (χ2n) is 5.31. The van der Waals surface area contributed by atoms with E-state index >= 15 is 0 Å². The maximum Gasteiger partial charge on any atom is 0.243 e. The summed E-state index contributed by atoms with van der Waals surface area (Å²) < 4.78 is 41.5. The standard InChI is InChI=1S/C17H16FN3O2S/c18-16-8-6-14(7-9-16)10-20-24(22,23)17-11-19-21(13-17)12-15-4-2-1-3-5-15/h1-9,11,13,20H,10,12H2. The molecule has 7 heteroatoms. The molecule has 0 amide bonds. The Balaban J connectivity index is 1.67. The average molecular weight is 345 g/mol. The minimum atomic E-state index is -3.67. The SMILES string of the molecule is O=S(=O)(NCc1ccc(F)cc1)c1cnn(Cc2ccccc2)c1. The first-order valence-electron chi connectivity index (χ1n) is 7.33. The molecule has 1 aromatic heterocycles. The Morgan fingerprint density at radius 2 is 1.71 bits per heavy atom. The zero-order valence-electron chi connectivity index (χ0n) is 12.8. The molecule has 0 bridgehead atoms. The summed E-state index contributed by atoms with van der Waals surface area (Å²) in [5, 5.41) is 4.09. The molecule has 1 N–H and O–H groups in total. The number of hydrogen-bond acceptors (Lipinski definition) is 3. The van der Waals surface area contributed by atoms with Gasteiger partial charge in [0.1, 0.15) is 10.7 Å². The molecule has 2 aromatic carbocycles. The Bertz CT molecular complexity index is 907. The molecule has 0 aliphatic carbocycles. The van der Waals surface area contributed by atoms with Gasteiger partial charge in [0.15, 0.2) is 0 Å². The zero-order chi connectivity index (χ0) is 17.0. The van der Waals surface area contributed by atoms with Crippen molar-refractivity contribution in [2.75, 3.05) is 0 Å². The van der Waals surface area contributed by atoms with Crippen LogP contribution >= 0.6 is 0 Å². The van der Waals surface area contributed by atoms with E-state index in [0.717, 1.165) is 5.56 Å². The smallest absolute Gasteiger partial charge is 0.243 e. The summed E-state index contributed by atoms with van der Waals surface area (Å²) in [7, 11) is -3.67. The summed E-state index contributed by atoms with van der Waals surface area (Å²) in [6.07, 6.45) is 2.80. The van der Waals surface area contributed by atoms with E-state index in [9.17, 15) is 12.8 Å². The lowest BCUT2D eigenvalue weighted by Gasteiger charge is -2.05. The van der Waals surface area contributed by atoms with Crippen LogP contribution in [0.15, 0.2) is 71.9 Å². The maximum atomic E-state index is 12.9. The number of hydrogen-bond donors (Lipinski definition) is 1. The number of rotatable bonds is 6. The van der Waals surface area contributed by atoms with Gasteiger partial charge in [-0.1, -0.05) is 42.5 Å².